The van der Waals surface area contributed by atoms with Crippen LogP contribution in [0.3, 0.4) is 0 Å². The Morgan fingerprint density at radius 3 is 2.41 bits per heavy atom. The summed E-state index contributed by atoms with van der Waals surface area (Å²) in [6, 6.07) is 10.6. The molecule has 3 heteroatoms. The van der Waals surface area contributed by atoms with Crippen LogP contribution in [-0.2, 0) is 11.3 Å². The van der Waals surface area contributed by atoms with Crippen molar-refractivity contribution in [3.05, 3.63) is 35.9 Å². The molecule has 2 aliphatic rings. The molecule has 1 amide bonds. The molecule has 90 valence electrons. The summed E-state index contributed by atoms with van der Waals surface area (Å²) < 4.78 is 1.06. The minimum absolute atomic E-state index is 0.0805. The molecule has 1 aromatic carbocycles. The summed E-state index contributed by atoms with van der Waals surface area (Å²) in [5.74, 6) is -0.0805. The summed E-state index contributed by atoms with van der Waals surface area (Å²) >= 11 is 0. The second kappa shape index (κ2) is 3.57. The fourth-order valence-electron chi connectivity index (χ4n) is 3.61. The van der Waals surface area contributed by atoms with Crippen molar-refractivity contribution in [2.24, 2.45) is 11.1 Å². The Hall–Kier alpha value is -1.35. The minimum Gasteiger partial charge on any atom is -0.369 e. The number of amides is 1. The summed E-state index contributed by atoms with van der Waals surface area (Å²) in [5.41, 5.74) is 6.76. The van der Waals surface area contributed by atoms with E-state index in [-0.39, 0.29) is 11.3 Å². The summed E-state index contributed by atoms with van der Waals surface area (Å²) in [6.07, 6.45) is 1.96. The van der Waals surface area contributed by atoms with E-state index in [0.717, 1.165) is 43.5 Å². The van der Waals surface area contributed by atoms with E-state index in [1.807, 2.05) is 6.07 Å². The van der Waals surface area contributed by atoms with Gasteiger partial charge in [0.15, 0.2) is 0 Å². The molecule has 0 spiro atoms. The van der Waals surface area contributed by atoms with Crippen LogP contribution in [0.25, 0.3) is 0 Å². The normalized spacial score (nSPS) is 35.1. The highest BCUT2D eigenvalue weighted by Gasteiger charge is 2.58. The molecule has 0 saturated carbocycles. The SMILES string of the molecule is NC(=O)C12CC[N+](Cc3ccccc3)(CC1)C2. The van der Waals surface area contributed by atoms with E-state index in [4.69, 9.17) is 5.73 Å². The maximum Gasteiger partial charge on any atom is 0.229 e. The zero-order valence-electron chi connectivity index (χ0n) is 10.1. The van der Waals surface area contributed by atoms with Crippen LogP contribution in [0.1, 0.15) is 18.4 Å². The van der Waals surface area contributed by atoms with Crippen LogP contribution in [0, 0.1) is 5.41 Å². The van der Waals surface area contributed by atoms with Crippen LogP contribution in [0.2, 0.25) is 0 Å². The lowest BCUT2D eigenvalue weighted by molar-refractivity contribution is -0.922. The topological polar surface area (TPSA) is 43.1 Å². The van der Waals surface area contributed by atoms with E-state index >= 15 is 0 Å². The van der Waals surface area contributed by atoms with Crippen molar-refractivity contribution >= 4 is 5.91 Å². The molecule has 0 aliphatic carbocycles. The van der Waals surface area contributed by atoms with Gasteiger partial charge in [-0.25, -0.2) is 0 Å². The van der Waals surface area contributed by atoms with E-state index in [0.29, 0.717) is 0 Å². The molecule has 2 bridgehead atoms. The first-order valence-electron chi connectivity index (χ1n) is 6.33. The van der Waals surface area contributed by atoms with Gasteiger partial charge in [0.25, 0.3) is 0 Å². The molecule has 0 unspecified atom stereocenters. The molecule has 2 N–H and O–H groups in total. The highest BCUT2D eigenvalue weighted by molar-refractivity contribution is 5.81. The van der Waals surface area contributed by atoms with Gasteiger partial charge >= 0.3 is 0 Å². The van der Waals surface area contributed by atoms with Gasteiger partial charge in [-0.15, -0.1) is 0 Å². The molecular formula is C14H19N2O+. The van der Waals surface area contributed by atoms with Crippen molar-refractivity contribution in [2.75, 3.05) is 19.6 Å². The quantitative estimate of drug-likeness (QED) is 0.782. The largest absolute Gasteiger partial charge is 0.369 e. The maximum atomic E-state index is 11.6. The monoisotopic (exact) mass is 231 g/mol. The van der Waals surface area contributed by atoms with Crippen LogP contribution in [0.4, 0.5) is 0 Å². The molecule has 3 rings (SSSR count). The molecule has 1 aromatic rings. The Morgan fingerprint density at radius 2 is 1.88 bits per heavy atom. The van der Waals surface area contributed by atoms with Gasteiger partial charge in [-0.2, -0.15) is 0 Å². The van der Waals surface area contributed by atoms with Gasteiger partial charge in [-0.05, 0) is 0 Å². The summed E-state index contributed by atoms with van der Waals surface area (Å²) in [6.45, 7) is 4.22. The number of nitrogens with zero attached hydrogens (tertiary/aromatic N) is 1. The van der Waals surface area contributed by atoms with Gasteiger partial charge in [0, 0.05) is 18.4 Å². The fraction of sp³-hybridized carbons (Fsp3) is 0.500. The van der Waals surface area contributed by atoms with Crippen molar-refractivity contribution in [3.63, 3.8) is 0 Å². The van der Waals surface area contributed by atoms with Gasteiger partial charge in [0.2, 0.25) is 5.91 Å². The van der Waals surface area contributed by atoms with E-state index < -0.39 is 0 Å². The van der Waals surface area contributed by atoms with E-state index in [9.17, 15) is 4.79 Å². The van der Waals surface area contributed by atoms with Gasteiger partial charge < -0.3 is 10.2 Å². The van der Waals surface area contributed by atoms with Crippen molar-refractivity contribution < 1.29 is 9.28 Å². The zero-order valence-corrected chi connectivity index (χ0v) is 10.1. The number of hydrogen-bond donors (Lipinski definition) is 1. The Balaban J connectivity index is 1.80. The molecule has 0 aromatic heterocycles. The standard InChI is InChI=1S/C14H18N2O/c15-13(17)14-6-8-16(11-14,9-7-14)10-12-4-2-1-3-5-12/h1-5H,6-11H2,(H-,15,17)/p+1. The molecule has 2 saturated heterocycles. The van der Waals surface area contributed by atoms with Crippen LogP contribution < -0.4 is 5.73 Å². The summed E-state index contributed by atoms with van der Waals surface area (Å²) in [5, 5.41) is 0. The van der Waals surface area contributed by atoms with Gasteiger partial charge in [-0.3, -0.25) is 4.79 Å². The number of primary amides is 1. The zero-order chi connectivity index (χ0) is 11.9. The highest BCUT2D eigenvalue weighted by Crippen LogP contribution is 2.46. The number of hydrogen-bond acceptors (Lipinski definition) is 1. The highest BCUT2D eigenvalue weighted by atomic mass is 16.1. The second-order valence-electron chi connectivity index (χ2n) is 5.74. The molecule has 17 heavy (non-hydrogen) atoms. The number of piperidine rings is 1. The van der Waals surface area contributed by atoms with Crippen LogP contribution >= 0.6 is 0 Å². The number of carbonyl (C=O) groups is 1. The third kappa shape index (κ3) is 1.65. The lowest BCUT2D eigenvalue weighted by atomic mass is 9.84. The van der Waals surface area contributed by atoms with Crippen molar-refractivity contribution in [1.29, 1.82) is 0 Å². The van der Waals surface area contributed by atoms with Crippen molar-refractivity contribution in [2.45, 2.75) is 19.4 Å². The molecule has 0 atom stereocenters. The first kappa shape index (κ1) is 10.8. The van der Waals surface area contributed by atoms with Crippen molar-refractivity contribution in [3.8, 4) is 0 Å². The summed E-state index contributed by atoms with van der Waals surface area (Å²) in [7, 11) is 0. The summed E-state index contributed by atoms with van der Waals surface area (Å²) in [4.78, 5) is 11.6. The van der Waals surface area contributed by atoms with Crippen LogP contribution in [0.15, 0.2) is 30.3 Å². The molecule has 2 aliphatic heterocycles. The number of rotatable bonds is 3. The second-order valence-corrected chi connectivity index (χ2v) is 5.74. The predicted octanol–water partition coefficient (Wildman–Crippen LogP) is 1.28. The Morgan fingerprint density at radius 1 is 1.24 bits per heavy atom. The van der Waals surface area contributed by atoms with Crippen LogP contribution in [0.5, 0.6) is 0 Å². The fourth-order valence-corrected chi connectivity index (χ4v) is 3.61. The number of benzene rings is 1. The molecule has 2 fully saturated rings. The molecular weight excluding hydrogens is 212 g/mol. The predicted molar refractivity (Wildman–Crippen MR) is 65.9 cm³/mol. The van der Waals surface area contributed by atoms with Crippen LogP contribution in [-0.4, -0.2) is 30.0 Å². The molecule has 0 radical (unpaired) electrons. The van der Waals surface area contributed by atoms with Gasteiger partial charge in [0.05, 0.1) is 19.6 Å². The third-order valence-electron chi connectivity index (χ3n) is 4.65. The smallest absolute Gasteiger partial charge is 0.229 e. The molecule has 2 heterocycles. The van der Waals surface area contributed by atoms with E-state index in [1.54, 1.807) is 0 Å². The van der Waals surface area contributed by atoms with Gasteiger partial charge in [-0.1, -0.05) is 30.3 Å². The van der Waals surface area contributed by atoms with Gasteiger partial charge in [0.1, 0.15) is 12.0 Å². The van der Waals surface area contributed by atoms with E-state index in [1.165, 1.54) is 5.56 Å². The maximum absolute atomic E-state index is 11.6. The number of quaternary nitrogens is 1. The number of fused-ring (bicyclic) bond motifs is 2. The Kier molecular flexibility index (Phi) is 2.26. The Bertz CT molecular complexity index is 433. The Labute approximate surface area is 102 Å². The minimum atomic E-state index is -0.186. The first-order chi connectivity index (χ1) is 8.14. The first-order valence-corrected chi connectivity index (χ1v) is 6.33. The third-order valence-corrected chi connectivity index (χ3v) is 4.65. The molecule has 3 nitrogen and oxygen atoms in total. The number of carbonyl (C=O) groups excluding carboxylic acids is 1. The number of nitrogens with two attached hydrogens (primary N) is 1. The lowest BCUT2D eigenvalue weighted by Crippen LogP contribution is -2.42. The lowest BCUT2D eigenvalue weighted by Gasteiger charge is -2.31. The van der Waals surface area contributed by atoms with Crippen molar-refractivity contribution in [1.82, 2.24) is 0 Å². The average molecular weight is 231 g/mol. The van der Waals surface area contributed by atoms with E-state index in [2.05, 4.69) is 24.3 Å². The average Bonchev–Trinajstić information content (AvgIpc) is 2.87.